The van der Waals surface area contributed by atoms with Crippen molar-refractivity contribution in [1.82, 2.24) is 0 Å². The fourth-order valence-corrected chi connectivity index (χ4v) is 8.06. The molecule has 4 aliphatic carbocycles. The highest BCUT2D eigenvalue weighted by molar-refractivity contribution is 5.65. The average Bonchev–Trinajstić information content (AvgIpc) is 2.91. The zero-order valence-electron chi connectivity index (χ0n) is 17.5. The molecule has 28 heavy (non-hydrogen) atoms. The lowest BCUT2D eigenvalue weighted by atomic mass is 9.43. The molecule has 0 radical (unpaired) electrons. The molecule has 8 atom stereocenters. The standard InChI is InChI=1S/C25H34N2O/c1-6-15(2)21-16(3)11-20-24(21,5)13-19(26)22-23(4)9-7-17(14-28)12-18(23)8-10-25(20,22)27/h6-7,9,12,16,19-22H,1-2,8,10-11,13,26-27H2,3-5H3/t16-,19?,20?,21?,22?,23?,24?,25?/m1/s1. The van der Waals surface area contributed by atoms with Gasteiger partial charge in [-0.15, -0.1) is 0 Å². The molecule has 4 rings (SSSR count). The lowest BCUT2D eigenvalue weighted by Gasteiger charge is -2.64. The van der Waals surface area contributed by atoms with Gasteiger partial charge in [-0.3, -0.25) is 0 Å². The van der Waals surface area contributed by atoms with E-state index >= 15 is 0 Å². The van der Waals surface area contributed by atoms with Crippen molar-refractivity contribution >= 4 is 5.94 Å². The van der Waals surface area contributed by atoms with Gasteiger partial charge in [-0.2, -0.15) is 0 Å². The van der Waals surface area contributed by atoms with Crippen molar-refractivity contribution in [2.45, 2.75) is 58.0 Å². The van der Waals surface area contributed by atoms with Gasteiger partial charge in [0.15, 0.2) is 0 Å². The second-order valence-electron chi connectivity index (χ2n) is 10.3. The Kier molecular flexibility index (Phi) is 4.32. The number of hydrogen-bond acceptors (Lipinski definition) is 3. The van der Waals surface area contributed by atoms with E-state index in [1.807, 2.05) is 24.2 Å². The van der Waals surface area contributed by atoms with E-state index in [0.717, 1.165) is 31.3 Å². The van der Waals surface area contributed by atoms with E-state index in [1.165, 1.54) is 5.57 Å². The van der Waals surface area contributed by atoms with Crippen LogP contribution < -0.4 is 11.5 Å². The molecule has 4 N–H and O–H groups in total. The van der Waals surface area contributed by atoms with Gasteiger partial charge in [-0.05, 0) is 61.0 Å². The average molecular weight is 379 g/mol. The minimum absolute atomic E-state index is 0.0109. The molecule has 7 unspecified atom stereocenters. The number of allylic oxidation sites excluding steroid dienone is 7. The summed E-state index contributed by atoms with van der Waals surface area (Å²) in [6, 6.07) is 0.0109. The Morgan fingerprint density at radius 2 is 2.11 bits per heavy atom. The van der Waals surface area contributed by atoms with Crippen LogP contribution in [-0.2, 0) is 4.79 Å². The normalized spacial score (nSPS) is 49.4. The first-order valence-corrected chi connectivity index (χ1v) is 10.6. The molecule has 0 spiro atoms. The Morgan fingerprint density at radius 3 is 2.75 bits per heavy atom. The highest BCUT2D eigenvalue weighted by Crippen LogP contribution is 2.68. The lowest BCUT2D eigenvalue weighted by molar-refractivity contribution is -0.0620. The van der Waals surface area contributed by atoms with Gasteiger partial charge in [0.25, 0.3) is 0 Å². The largest absolute Gasteiger partial charge is 0.327 e. The van der Waals surface area contributed by atoms with E-state index in [-0.39, 0.29) is 28.3 Å². The summed E-state index contributed by atoms with van der Waals surface area (Å²) in [6.07, 6.45) is 11.9. The van der Waals surface area contributed by atoms with E-state index in [2.05, 4.69) is 40.0 Å². The van der Waals surface area contributed by atoms with Crippen LogP contribution in [0.4, 0.5) is 0 Å². The SMILES string of the molecule is C=CC(=C)C1[C@H](C)CC2C1(C)CC(N)C1C3(C)C=CC(=C=O)C=C3CCC12N. The predicted molar refractivity (Wildman–Crippen MR) is 115 cm³/mol. The highest BCUT2D eigenvalue weighted by Gasteiger charge is 2.67. The maximum absolute atomic E-state index is 11.2. The molecular weight excluding hydrogens is 344 g/mol. The van der Waals surface area contributed by atoms with Crippen LogP contribution in [0.1, 0.15) is 46.5 Å². The summed E-state index contributed by atoms with van der Waals surface area (Å²) in [5.41, 5.74) is 16.9. The van der Waals surface area contributed by atoms with Crippen molar-refractivity contribution in [2.24, 2.45) is 46.0 Å². The van der Waals surface area contributed by atoms with Crippen molar-refractivity contribution in [2.75, 3.05) is 0 Å². The molecule has 0 aromatic heterocycles. The minimum atomic E-state index is -0.310. The molecular formula is C25H34N2O. The molecule has 0 aromatic rings. The number of rotatable bonds is 2. The Labute approximate surface area is 169 Å². The zero-order chi connectivity index (χ0) is 20.5. The van der Waals surface area contributed by atoms with Gasteiger partial charge in [0, 0.05) is 22.9 Å². The number of carbonyl (C=O) groups excluding carboxylic acids is 1. The lowest BCUT2D eigenvalue weighted by Crippen LogP contribution is -2.71. The van der Waals surface area contributed by atoms with Crippen LogP contribution in [0.25, 0.3) is 0 Å². The fourth-order valence-electron chi connectivity index (χ4n) is 8.06. The van der Waals surface area contributed by atoms with Crippen LogP contribution in [0.2, 0.25) is 0 Å². The first-order chi connectivity index (χ1) is 13.1. The third-order valence-electron chi connectivity index (χ3n) is 8.90. The smallest absolute Gasteiger partial charge is 0.132 e. The molecule has 3 heteroatoms. The molecule has 3 saturated carbocycles. The van der Waals surface area contributed by atoms with E-state index < -0.39 is 0 Å². The molecule has 3 fully saturated rings. The van der Waals surface area contributed by atoms with Gasteiger partial charge in [0.05, 0.1) is 5.57 Å². The van der Waals surface area contributed by atoms with Crippen molar-refractivity contribution in [3.63, 3.8) is 0 Å². The summed E-state index contributed by atoms with van der Waals surface area (Å²) in [5.74, 6) is 3.55. The monoisotopic (exact) mass is 378 g/mol. The molecule has 0 aromatic carbocycles. The maximum atomic E-state index is 11.2. The van der Waals surface area contributed by atoms with Crippen LogP contribution in [0.3, 0.4) is 0 Å². The van der Waals surface area contributed by atoms with E-state index in [1.54, 1.807) is 0 Å². The van der Waals surface area contributed by atoms with Gasteiger partial charge >= 0.3 is 0 Å². The summed E-state index contributed by atoms with van der Waals surface area (Å²) < 4.78 is 0. The van der Waals surface area contributed by atoms with Crippen molar-refractivity contribution < 1.29 is 4.79 Å². The first-order valence-electron chi connectivity index (χ1n) is 10.6. The molecule has 0 saturated heterocycles. The van der Waals surface area contributed by atoms with Gasteiger partial charge in [0.2, 0.25) is 0 Å². The summed E-state index contributed by atoms with van der Waals surface area (Å²) in [7, 11) is 0. The van der Waals surface area contributed by atoms with Crippen molar-refractivity contribution in [3.8, 4) is 0 Å². The van der Waals surface area contributed by atoms with E-state index in [0.29, 0.717) is 23.3 Å². The maximum Gasteiger partial charge on any atom is 0.132 e. The summed E-state index contributed by atoms with van der Waals surface area (Å²) >= 11 is 0. The molecule has 4 aliphatic rings. The Morgan fingerprint density at radius 1 is 1.39 bits per heavy atom. The van der Waals surface area contributed by atoms with Crippen LogP contribution in [0.15, 0.2) is 54.2 Å². The molecule has 0 bridgehead atoms. The molecule has 0 heterocycles. The highest BCUT2D eigenvalue weighted by atomic mass is 16.1. The van der Waals surface area contributed by atoms with E-state index in [4.69, 9.17) is 11.5 Å². The summed E-state index contributed by atoms with van der Waals surface area (Å²) in [6.45, 7) is 15.3. The van der Waals surface area contributed by atoms with Crippen LogP contribution >= 0.6 is 0 Å². The molecule has 0 aliphatic heterocycles. The van der Waals surface area contributed by atoms with Crippen molar-refractivity contribution in [1.29, 1.82) is 0 Å². The van der Waals surface area contributed by atoms with Gasteiger partial charge in [-0.25, -0.2) is 4.79 Å². The number of hydrogen-bond donors (Lipinski definition) is 2. The number of nitrogens with two attached hydrogens (primary N) is 2. The minimum Gasteiger partial charge on any atom is -0.327 e. The van der Waals surface area contributed by atoms with Gasteiger partial charge in [-0.1, -0.05) is 57.2 Å². The topological polar surface area (TPSA) is 69.1 Å². The second-order valence-corrected chi connectivity index (χ2v) is 10.3. The van der Waals surface area contributed by atoms with Gasteiger partial charge in [0.1, 0.15) is 5.94 Å². The third-order valence-corrected chi connectivity index (χ3v) is 8.90. The van der Waals surface area contributed by atoms with Crippen LogP contribution in [0, 0.1) is 34.5 Å². The Bertz CT molecular complexity index is 847. The molecule has 3 nitrogen and oxygen atoms in total. The number of fused-ring (bicyclic) bond motifs is 5. The second kappa shape index (κ2) is 6.16. The zero-order valence-corrected chi connectivity index (χ0v) is 17.5. The predicted octanol–water partition coefficient (Wildman–Crippen LogP) is 4.11. The van der Waals surface area contributed by atoms with Crippen LogP contribution in [-0.4, -0.2) is 17.5 Å². The van der Waals surface area contributed by atoms with Crippen LogP contribution in [0.5, 0.6) is 0 Å². The Hall–Kier alpha value is -1.67. The van der Waals surface area contributed by atoms with E-state index in [9.17, 15) is 4.79 Å². The summed E-state index contributed by atoms with van der Waals surface area (Å²) in [5, 5.41) is 0. The fraction of sp³-hybridized carbons (Fsp3) is 0.600. The van der Waals surface area contributed by atoms with Gasteiger partial charge < -0.3 is 11.5 Å². The quantitative estimate of drug-likeness (QED) is 0.561. The first kappa shape index (κ1) is 19.6. The summed E-state index contributed by atoms with van der Waals surface area (Å²) in [4.78, 5) is 11.2. The van der Waals surface area contributed by atoms with Crippen molar-refractivity contribution in [3.05, 3.63) is 54.2 Å². The molecule has 150 valence electrons. The Balaban J connectivity index is 1.81. The molecule has 0 amide bonds. The third kappa shape index (κ3) is 2.33.